The van der Waals surface area contributed by atoms with Gasteiger partial charge in [0.05, 0.1) is 24.7 Å². The maximum Gasteiger partial charge on any atom is 0.348 e. The average Bonchev–Trinajstić information content (AvgIpc) is 3.07. The number of nitrogens with one attached hydrogen (secondary N) is 2. The first-order valence-corrected chi connectivity index (χ1v) is 9.37. The number of benzene rings is 1. The molecule has 160 valence electrons. The van der Waals surface area contributed by atoms with E-state index in [0.717, 1.165) is 18.4 Å². The molecule has 0 bridgehead atoms. The Morgan fingerprint density at radius 3 is 2.45 bits per heavy atom. The van der Waals surface area contributed by atoms with Gasteiger partial charge in [-0.2, -0.15) is 0 Å². The number of nitro benzene ring substituents is 1. The number of hydrogen-bond acceptors (Lipinski definition) is 10. The summed E-state index contributed by atoms with van der Waals surface area (Å²) in [6.45, 7) is 1.51. The number of carbonyl (C=O) groups excluding carboxylic acids is 3. The minimum atomic E-state index is -0.815. The SMILES string of the molecule is COC(=O)c1sc(NC(=O)c2cc3cc([N+](=O)[O-])ccc3oc2=N)c(C(=O)OC)c1C. The fraction of sp³-hybridized carbons (Fsp3) is 0.158. The van der Waals surface area contributed by atoms with Gasteiger partial charge in [0, 0.05) is 17.5 Å². The van der Waals surface area contributed by atoms with Crippen LogP contribution in [-0.2, 0) is 9.47 Å². The van der Waals surface area contributed by atoms with Crippen molar-refractivity contribution in [3.05, 3.63) is 61.5 Å². The Balaban J connectivity index is 2.06. The second-order valence-electron chi connectivity index (χ2n) is 6.17. The lowest BCUT2D eigenvalue weighted by Crippen LogP contribution is -2.21. The number of ether oxygens (including phenoxy) is 2. The molecular formula is C19H15N3O8S. The molecule has 12 heteroatoms. The smallest absolute Gasteiger partial charge is 0.348 e. The third-order valence-electron chi connectivity index (χ3n) is 4.34. The number of esters is 2. The molecule has 11 nitrogen and oxygen atoms in total. The lowest BCUT2D eigenvalue weighted by molar-refractivity contribution is -0.384. The monoisotopic (exact) mass is 445 g/mol. The normalized spacial score (nSPS) is 10.5. The van der Waals surface area contributed by atoms with E-state index >= 15 is 0 Å². The zero-order chi connectivity index (χ0) is 22.9. The summed E-state index contributed by atoms with van der Waals surface area (Å²) in [5.41, 5.74) is -0.502. The van der Waals surface area contributed by atoms with Gasteiger partial charge in [-0.15, -0.1) is 11.3 Å². The van der Waals surface area contributed by atoms with E-state index in [1.807, 2.05) is 0 Å². The number of amides is 1. The van der Waals surface area contributed by atoms with E-state index in [1.54, 1.807) is 0 Å². The van der Waals surface area contributed by atoms with E-state index in [4.69, 9.17) is 19.3 Å². The van der Waals surface area contributed by atoms with Gasteiger partial charge in [0.15, 0.2) is 0 Å². The first-order chi connectivity index (χ1) is 14.7. The molecule has 3 rings (SSSR count). The predicted molar refractivity (Wildman–Crippen MR) is 108 cm³/mol. The number of non-ortho nitro benzene ring substituents is 1. The predicted octanol–water partition coefficient (Wildman–Crippen LogP) is 3.02. The molecule has 0 unspecified atom stereocenters. The number of hydrogen-bond donors (Lipinski definition) is 2. The van der Waals surface area contributed by atoms with Crippen LogP contribution < -0.4 is 10.9 Å². The number of thiophene rings is 1. The Morgan fingerprint density at radius 2 is 1.84 bits per heavy atom. The fourth-order valence-electron chi connectivity index (χ4n) is 2.82. The zero-order valence-electron chi connectivity index (χ0n) is 16.4. The molecule has 1 amide bonds. The summed E-state index contributed by atoms with van der Waals surface area (Å²) in [4.78, 5) is 47.5. The molecule has 2 heterocycles. The van der Waals surface area contributed by atoms with E-state index in [-0.39, 0.29) is 43.2 Å². The van der Waals surface area contributed by atoms with Crippen molar-refractivity contribution in [2.45, 2.75) is 6.92 Å². The lowest BCUT2D eigenvalue weighted by Gasteiger charge is -2.07. The van der Waals surface area contributed by atoms with E-state index in [9.17, 15) is 24.5 Å². The quantitative estimate of drug-likeness (QED) is 0.344. The standard InChI is InChI=1S/C19H15N3O8S/c1-8-13(18(24)28-2)17(31-14(8)19(25)29-3)21-16(23)11-7-9-6-10(22(26)27)4-5-12(9)30-15(11)20/h4-7,20H,1-3H3,(H,21,23). The second kappa shape index (κ2) is 8.36. The highest BCUT2D eigenvalue weighted by atomic mass is 32.1. The summed E-state index contributed by atoms with van der Waals surface area (Å²) in [5.74, 6) is -2.28. The number of carbonyl (C=O) groups is 3. The molecule has 1 aromatic carbocycles. The van der Waals surface area contributed by atoms with Crippen molar-refractivity contribution in [1.29, 1.82) is 5.41 Å². The van der Waals surface area contributed by atoms with Gasteiger partial charge in [-0.3, -0.25) is 20.3 Å². The molecule has 0 saturated carbocycles. The Labute approximate surface area is 177 Å². The van der Waals surface area contributed by atoms with Crippen LogP contribution >= 0.6 is 11.3 Å². The van der Waals surface area contributed by atoms with Crippen molar-refractivity contribution in [3.8, 4) is 0 Å². The number of anilines is 1. The summed E-state index contributed by atoms with van der Waals surface area (Å²) in [6.07, 6.45) is 0. The minimum absolute atomic E-state index is 0.0216. The molecule has 0 aliphatic heterocycles. The van der Waals surface area contributed by atoms with Crippen molar-refractivity contribution < 1.29 is 33.2 Å². The van der Waals surface area contributed by atoms with Crippen molar-refractivity contribution >= 4 is 50.8 Å². The van der Waals surface area contributed by atoms with Gasteiger partial charge in [0.2, 0.25) is 5.55 Å². The first kappa shape index (κ1) is 21.6. The van der Waals surface area contributed by atoms with Gasteiger partial charge in [0.25, 0.3) is 11.6 Å². The summed E-state index contributed by atoms with van der Waals surface area (Å²) >= 11 is 0.813. The first-order valence-electron chi connectivity index (χ1n) is 8.56. The molecule has 2 aromatic heterocycles. The third kappa shape index (κ3) is 4.00. The van der Waals surface area contributed by atoms with Crippen molar-refractivity contribution in [2.24, 2.45) is 0 Å². The van der Waals surface area contributed by atoms with Crippen LogP contribution in [0.1, 0.15) is 36.0 Å². The summed E-state index contributed by atoms with van der Waals surface area (Å²) in [6, 6.07) is 5.02. The van der Waals surface area contributed by atoms with Crippen LogP contribution in [0, 0.1) is 22.4 Å². The molecule has 0 aliphatic carbocycles. The molecule has 31 heavy (non-hydrogen) atoms. The fourth-order valence-corrected chi connectivity index (χ4v) is 3.93. The largest absolute Gasteiger partial charge is 0.465 e. The van der Waals surface area contributed by atoms with Gasteiger partial charge in [-0.05, 0) is 24.6 Å². The lowest BCUT2D eigenvalue weighted by atomic mass is 10.1. The molecule has 0 atom stereocenters. The molecule has 0 radical (unpaired) electrons. The Hall–Kier alpha value is -4.06. The van der Waals surface area contributed by atoms with Gasteiger partial charge < -0.3 is 19.2 Å². The minimum Gasteiger partial charge on any atom is -0.465 e. The maximum atomic E-state index is 12.8. The van der Waals surface area contributed by atoms with Crippen LogP contribution in [0.5, 0.6) is 0 Å². The maximum absolute atomic E-state index is 12.8. The van der Waals surface area contributed by atoms with Crippen LogP contribution in [0.4, 0.5) is 10.7 Å². The molecular weight excluding hydrogens is 430 g/mol. The van der Waals surface area contributed by atoms with Gasteiger partial charge in [0.1, 0.15) is 21.0 Å². The molecule has 0 aliphatic rings. The van der Waals surface area contributed by atoms with Crippen LogP contribution in [0.15, 0.2) is 28.7 Å². The second-order valence-corrected chi connectivity index (χ2v) is 7.19. The number of rotatable bonds is 5. The Kier molecular flexibility index (Phi) is 5.83. The Bertz CT molecular complexity index is 1310. The highest BCUT2D eigenvalue weighted by Gasteiger charge is 2.27. The van der Waals surface area contributed by atoms with Crippen LogP contribution in [-0.4, -0.2) is 37.0 Å². The summed E-state index contributed by atoms with van der Waals surface area (Å²) in [5, 5.41) is 21.7. The third-order valence-corrected chi connectivity index (χ3v) is 5.53. The number of nitro groups is 1. The van der Waals surface area contributed by atoms with Crippen molar-refractivity contribution in [3.63, 3.8) is 0 Å². The van der Waals surface area contributed by atoms with E-state index in [0.29, 0.717) is 0 Å². The van der Waals surface area contributed by atoms with E-state index in [2.05, 4.69) is 5.32 Å². The zero-order valence-corrected chi connectivity index (χ0v) is 17.2. The number of nitrogens with zero attached hydrogens (tertiary/aromatic N) is 1. The van der Waals surface area contributed by atoms with Crippen molar-refractivity contribution in [2.75, 3.05) is 19.5 Å². The van der Waals surface area contributed by atoms with Crippen LogP contribution in [0.2, 0.25) is 0 Å². The van der Waals surface area contributed by atoms with Crippen molar-refractivity contribution in [1.82, 2.24) is 0 Å². The van der Waals surface area contributed by atoms with Gasteiger partial charge in [-0.1, -0.05) is 0 Å². The summed E-state index contributed by atoms with van der Waals surface area (Å²) in [7, 11) is 2.33. The molecule has 0 spiro atoms. The van der Waals surface area contributed by atoms with Gasteiger partial charge in [-0.25, -0.2) is 9.59 Å². The molecule has 0 fully saturated rings. The van der Waals surface area contributed by atoms with E-state index < -0.39 is 28.3 Å². The Morgan fingerprint density at radius 1 is 1.16 bits per heavy atom. The highest BCUT2D eigenvalue weighted by Crippen LogP contribution is 2.34. The van der Waals surface area contributed by atoms with Crippen LogP contribution in [0.3, 0.4) is 0 Å². The number of fused-ring (bicyclic) bond motifs is 1. The van der Waals surface area contributed by atoms with Crippen LogP contribution in [0.25, 0.3) is 11.0 Å². The molecule has 3 aromatic rings. The van der Waals surface area contributed by atoms with Gasteiger partial charge >= 0.3 is 11.9 Å². The topological polar surface area (TPSA) is 162 Å². The highest BCUT2D eigenvalue weighted by molar-refractivity contribution is 7.18. The molecule has 2 N–H and O–H groups in total. The van der Waals surface area contributed by atoms with E-state index in [1.165, 1.54) is 38.3 Å². The molecule has 0 saturated heterocycles. The summed E-state index contributed by atoms with van der Waals surface area (Å²) < 4.78 is 14.7. The average molecular weight is 445 g/mol. The number of methoxy groups -OCH3 is 2.